The van der Waals surface area contributed by atoms with Gasteiger partial charge >= 0.3 is 11.9 Å². The Labute approximate surface area is 160 Å². The van der Waals surface area contributed by atoms with Crippen LogP contribution in [0.15, 0.2) is 48.5 Å². The number of rotatable bonds is 4. The lowest BCUT2D eigenvalue weighted by Gasteiger charge is -1.98. The van der Waals surface area contributed by atoms with E-state index in [1.165, 1.54) is 19.2 Å². The molecule has 6 heteroatoms. The van der Waals surface area contributed by atoms with Crippen molar-refractivity contribution in [2.45, 2.75) is 27.9 Å². The second kappa shape index (κ2) is 13.6. The summed E-state index contributed by atoms with van der Waals surface area (Å²) in [6.45, 7) is 13.9. The van der Waals surface area contributed by atoms with Crippen LogP contribution < -0.4 is 0 Å². The molecular formula is C21H24N2O4. The third-order valence-corrected chi connectivity index (χ3v) is 3.10. The lowest BCUT2D eigenvalue weighted by Crippen LogP contribution is -2.00. The number of benzene rings is 2. The van der Waals surface area contributed by atoms with E-state index in [1.807, 2.05) is 0 Å². The average molecular weight is 368 g/mol. The minimum atomic E-state index is -0.940. The summed E-state index contributed by atoms with van der Waals surface area (Å²) in [6.07, 6.45) is 0. The van der Waals surface area contributed by atoms with Crippen molar-refractivity contribution in [3.63, 3.8) is 0 Å². The minimum Gasteiger partial charge on any atom is -0.478 e. The first-order chi connectivity index (χ1) is 12.0. The molecule has 0 aliphatic heterocycles. The first-order valence-corrected chi connectivity index (χ1v) is 7.17. The number of carbonyl (C=O) groups excluding carboxylic acids is 1. The number of carbonyl (C=O) groups is 2. The van der Waals surface area contributed by atoms with Gasteiger partial charge in [0.15, 0.2) is 0 Å². The molecule has 27 heavy (non-hydrogen) atoms. The van der Waals surface area contributed by atoms with Crippen molar-refractivity contribution in [2.75, 3.05) is 7.11 Å². The van der Waals surface area contributed by atoms with E-state index in [0.29, 0.717) is 18.7 Å². The Morgan fingerprint density at radius 1 is 0.852 bits per heavy atom. The minimum absolute atomic E-state index is 0. The SMILES string of the molecule is C.C.[C-]#[N+]Cc1ccc(C(=O)O)cc1.[C-]#[N+]Cc1ccc(C(=O)OC)cc1. The third kappa shape index (κ3) is 8.85. The van der Waals surface area contributed by atoms with E-state index in [2.05, 4.69) is 14.4 Å². The molecule has 0 atom stereocenters. The molecule has 0 heterocycles. The quantitative estimate of drug-likeness (QED) is 0.611. The molecule has 142 valence electrons. The Balaban J connectivity index is 0. The van der Waals surface area contributed by atoms with Gasteiger partial charge in [-0.1, -0.05) is 39.1 Å². The van der Waals surface area contributed by atoms with Crippen molar-refractivity contribution in [3.05, 3.63) is 93.6 Å². The van der Waals surface area contributed by atoms with E-state index >= 15 is 0 Å². The zero-order chi connectivity index (χ0) is 18.7. The molecule has 0 saturated carbocycles. The highest BCUT2D eigenvalue weighted by Gasteiger charge is 2.04. The van der Waals surface area contributed by atoms with Crippen LogP contribution in [0.4, 0.5) is 0 Å². The van der Waals surface area contributed by atoms with Gasteiger partial charge < -0.3 is 19.5 Å². The Kier molecular flexibility index (Phi) is 12.9. The second-order valence-electron chi connectivity index (χ2n) is 4.82. The Hall–Kier alpha value is -3.64. The van der Waals surface area contributed by atoms with E-state index in [4.69, 9.17) is 18.3 Å². The van der Waals surface area contributed by atoms with Crippen molar-refractivity contribution in [1.82, 2.24) is 0 Å². The van der Waals surface area contributed by atoms with E-state index < -0.39 is 5.97 Å². The summed E-state index contributed by atoms with van der Waals surface area (Å²) in [6, 6.07) is 13.1. The smallest absolute Gasteiger partial charge is 0.337 e. The summed E-state index contributed by atoms with van der Waals surface area (Å²) in [5, 5.41) is 8.55. The van der Waals surface area contributed by atoms with Gasteiger partial charge in [-0.25, -0.2) is 22.7 Å². The molecule has 0 aliphatic carbocycles. The number of hydrogen-bond acceptors (Lipinski definition) is 3. The zero-order valence-corrected chi connectivity index (χ0v) is 13.6. The fraction of sp³-hybridized carbons (Fsp3) is 0.238. The van der Waals surface area contributed by atoms with Gasteiger partial charge in [0.2, 0.25) is 13.1 Å². The molecule has 2 rings (SSSR count). The van der Waals surface area contributed by atoms with Crippen LogP contribution in [-0.4, -0.2) is 24.2 Å². The first kappa shape index (κ1) is 25.6. The van der Waals surface area contributed by atoms with Gasteiger partial charge in [0.25, 0.3) is 0 Å². The summed E-state index contributed by atoms with van der Waals surface area (Å²) in [4.78, 5) is 27.8. The molecule has 0 radical (unpaired) electrons. The van der Waals surface area contributed by atoms with Crippen LogP contribution in [0.3, 0.4) is 0 Å². The van der Waals surface area contributed by atoms with Crippen molar-refractivity contribution in [2.24, 2.45) is 0 Å². The maximum absolute atomic E-state index is 11.0. The zero-order valence-electron chi connectivity index (χ0n) is 13.6. The Morgan fingerprint density at radius 3 is 1.52 bits per heavy atom. The van der Waals surface area contributed by atoms with Gasteiger partial charge in [0.05, 0.1) is 18.2 Å². The summed E-state index contributed by atoms with van der Waals surface area (Å²) in [5.74, 6) is -1.29. The molecule has 0 amide bonds. The van der Waals surface area contributed by atoms with Crippen molar-refractivity contribution >= 4 is 11.9 Å². The maximum atomic E-state index is 11.0. The molecule has 0 unspecified atom stereocenters. The first-order valence-electron chi connectivity index (χ1n) is 7.17. The molecule has 2 aromatic rings. The van der Waals surface area contributed by atoms with Crippen LogP contribution in [0.1, 0.15) is 46.7 Å². The van der Waals surface area contributed by atoms with Crippen LogP contribution in [0, 0.1) is 13.1 Å². The molecule has 0 fully saturated rings. The van der Waals surface area contributed by atoms with Gasteiger partial charge in [-0.05, 0) is 24.3 Å². The predicted octanol–water partition coefficient (Wildman–Crippen LogP) is 4.97. The lowest BCUT2D eigenvalue weighted by atomic mass is 10.1. The number of aromatic carboxylic acids is 1. The van der Waals surface area contributed by atoms with Crippen LogP contribution in [0.25, 0.3) is 9.69 Å². The number of nitrogens with zero attached hydrogens (tertiary/aromatic N) is 2. The third-order valence-electron chi connectivity index (χ3n) is 3.10. The second-order valence-corrected chi connectivity index (χ2v) is 4.82. The van der Waals surface area contributed by atoms with Crippen molar-refractivity contribution in [1.29, 1.82) is 0 Å². The maximum Gasteiger partial charge on any atom is 0.337 e. The molecule has 0 aliphatic rings. The summed E-state index contributed by atoms with van der Waals surface area (Å²) in [5.41, 5.74) is 2.51. The number of hydrogen-bond donors (Lipinski definition) is 1. The van der Waals surface area contributed by atoms with Gasteiger partial charge in [0.1, 0.15) is 0 Å². The normalized spacial score (nSPS) is 8.26. The average Bonchev–Trinajstić information content (AvgIpc) is 2.63. The number of methoxy groups -OCH3 is 1. The van der Waals surface area contributed by atoms with E-state index in [-0.39, 0.29) is 26.4 Å². The molecule has 0 saturated heterocycles. The molecule has 2 aromatic carbocycles. The number of ether oxygens (including phenoxy) is 1. The van der Waals surface area contributed by atoms with Crippen LogP contribution in [0.5, 0.6) is 0 Å². The van der Waals surface area contributed by atoms with E-state index in [0.717, 1.165) is 11.1 Å². The van der Waals surface area contributed by atoms with E-state index in [1.54, 1.807) is 36.4 Å². The highest BCUT2D eigenvalue weighted by molar-refractivity contribution is 5.89. The number of carboxylic acid groups (broad SMARTS) is 1. The highest BCUT2D eigenvalue weighted by Crippen LogP contribution is 2.06. The number of esters is 1. The summed E-state index contributed by atoms with van der Waals surface area (Å²) in [7, 11) is 1.34. The van der Waals surface area contributed by atoms with Gasteiger partial charge in [-0.3, -0.25) is 0 Å². The predicted molar refractivity (Wildman–Crippen MR) is 105 cm³/mol. The largest absolute Gasteiger partial charge is 0.478 e. The molecule has 6 nitrogen and oxygen atoms in total. The highest BCUT2D eigenvalue weighted by atomic mass is 16.5. The standard InChI is InChI=1S/C10H9NO2.C9H7NO2.2CH4/c1-11-7-8-3-5-9(6-4-8)10(12)13-2;1-10-6-7-2-4-8(5-3-7)9(11)12;;/h3-6H,7H2,2H3;2-5H,6H2,(H,11,12);2*1H4. The molecule has 0 aromatic heterocycles. The van der Waals surface area contributed by atoms with Crippen LogP contribution in [0.2, 0.25) is 0 Å². The Morgan fingerprint density at radius 2 is 1.22 bits per heavy atom. The Bertz CT molecular complexity index is 798. The lowest BCUT2D eigenvalue weighted by molar-refractivity contribution is 0.0599. The summed E-state index contributed by atoms with van der Waals surface area (Å²) >= 11 is 0. The molecule has 0 bridgehead atoms. The van der Waals surface area contributed by atoms with Gasteiger partial charge in [-0.15, -0.1) is 0 Å². The van der Waals surface area contributed by atoms with Gasteiger partial charge in [0, 0.05) is 11.1 Å². The van der Waals surface area contributed by atoms with Crippen molar-refractivity contribution in [3.8, 4) is 0 Å². The molecule has 1 N–H and O–H groups in total. The van der Waals surface area contributed by atoms with E-state index in [9.17, 15) is 9.59 Å². The van der Waals surface area contributed by atoms with Gasteiger partial charge in [-0.2, -0.15) is 0 Å². The molecule has 0 spiro atoms. The van der Waals surface area contributed by atoms with Crippen LogP contribution in [-0.2, 0) is 17.8 Å². The van der Waals surface area contributed by atoms with Crippen LogP contribution >= 0.6 is 0 Å². The van der Waals surface area contributed by atoms with Crippen molar-refractivity contribution < 1.29 is 19.4 Å². The summed E-state index contributed by atoms with van der Waals surface area (Å²) < 4.78 is 4.54. The monoisotopic (exact) mass is 368 g/mol. The fourth-order valence-corrected chi connectivity index (χ4v) is 1.80. The molecular weight excluding hydrogens is 344 g/mol. The fourth-order valence-electron chi connectivity index (χ4n) is 1.80. The topological polar surface area (TPSA) is 72.3 Å². The number of carboxylic acids is 1.